The van der Waals surface area contributed by atoms with E-state index in [2.05, 4.69) is 22.2 Å². The van der Waals surface area contributed by atoms with Crippen molar-refractivity contribution in [2.45, 2.75) is 46.1 Å². The number of ether oxygens (including phenoxy) is 1. The maximum absolute atomic E-state index is 5.46. The number of nitrogens with one attached hydrogen (secondary N) is 1. The summed E-state index contributed by atoms with van der Waals surface area (Å²) in [5, 5.41) is 3.45. The summed E-state index contributed by atoms with van der Waals surface area (Å²) in [6.07, 6.45) is 5.57. The molecule has 1 heterocycles. The molecule has 0 aromatic carbocycles. The number of nitrogens with zero attached hydrogens (tertiary/aromatic N) is 2. The van der Waals surface area contributed by atoms with Gasteiger partial charge in [-0.05, 0) is 33.1 Å². The summed E-state index contributed by atoms with van der Waals surface area (Å²) in [6, 6.07) is 0.463. The van der Waals surface area contributed by atoms with Gasteiger partial charge >= 0.3 is 0 Å². The van der Waals surface area contributed by atoms with Gasteiger partial charge in [0, 0.05) is 6.04 Å². The molecule has 4 heteroatoms. The van der Waals surface area contributed by atoms with Gasteiger partial charge in [0.25, 0.3) is 0 Å². The molecule has 94 valence electrons. The van der Waals surface area contributed by atoms with Crippen LogP contribution in [0.5, 0.6) is 5.88 Å². The van der Waals surface area contributed by atoms with Crippen LogP contribution >= 0.6 is 0 Å². The summed E-state index contributed by atoms with van der Waals surface area (Å²) in [6.45, 7) is 6.80. The van der Waals surface area contributed by atoms with Crippen molar-refractivity contribution in [2.24, 2.45) is 5.92 Å². The molecular weight excluding hydrogens is 214 g/mol. The largest absolute Gasteiger partial charge is 0.478 e. The third-order valence-electron chi connectivity index (χ3n) is 3.09. The zero-order valence-corrected chi connectivity index (χ0v) is 10.9. The molecule has 1 atom stereocenters. The Kier molecular flexibility index (Phi) is 3.82. The minimum Gasteiger partial charge on any atom is -0.478 e. The molecule has 1 unspecified atom stereocenters. The van der Waals surface area contributed by atoms with Gasteiger partial charge in [-0.25, -0.2) is 9.97 Å². The Balaban J connectivity index is 2.00. The minimum absolute atomic E-state index is 0.463. The zero-order chi connectivity index (χ0) is 12.3. The van der Waals surface area contributed by atoms with Gasteiger partial charge in [-0.2, -0.15) is 0 Å². The second kappa shape index (κ2) is 5.34. The van der Waals surface area contributed by atoms with Crippen molar-refractivity contribution in [1.82, 2.24) is 9.97 Å². The zero-order valence-electron chi connectivity index (χ0n) is 10.9. The molecule has 1 N–H and O–H groups in total. The fraction of sp³-hybridized carbons (Fsp3) is 0.692. The Hall–Kier alpha value is -1.32. The highest BCUT2D eigenvalue weighted by Crippen LogP contribution is 2.34. The summed E-state index contributed by atoms with van der Waals surface area (Å²) in [7, 11) is 0. The van der Waals surface area contributed by atoms with Crippen molar-refractivity contribution in [3.63, 3.8) is 0 Å². The summed E-state index contributed by atoms with van der Waals surface area (Å²) in [5.74, 6) is 2.51. The second-order valence-electron chi connectivity index (χ2n) is 4.81. The molecule has 0 amide bonds. The van der Waals surface area contributed by atoms with Crippen LogP contribution in [0.3, 0.4) is 0 Å². The molecule has 1 aliphatic rings. The third-order valence-corrected chi connectivity index (χ3v) is 3.09. The van der Waals surface area contributed by atoms with Crippen LogP contribution in [-0.4, -0.2) is 22.6 Å². The first-order valence-electron chi connectivity index (χ1n) is 6.41. The highest BCUT2D eigenvalue weighted by Gasteiger charge is 2.24. The van der Waals surface area contributed by atoms with Crippen molar-refractivity contribution in [1.29, 1.82) is 0 Å². The average molecular weight is 235 g/mol. The summed E-state index contributed by atoms with van der Waals surface area (Å²) < 4.78 is 5.46. The first-order valence-corrected chi connectivity index (χ1v) is 6.41. The number of aromatic nitrogens is 2. The lowest BCUT2D eigenvalue weighted by Crippen LogP contribution is -2.18. The van der Waals surface area contributed by atoms with Crippen LogP contribution < -0.4 is 10.1 Å². The summed E-state index contributed by atoms with van der Waals surface area (Å²) in [5.41, 5.74) is 0.997. The smallest absolute Gasteiger partial charge is 0.221 e. The van der Waals surface area contributed by atoms with Gasteiger partial charge in [0.15, 0.2) is 0 Å². The fourth-order valence-corrected chi connectivity index (χ4v) is 2.01. The van der Waals surface area contributed by atoms with Crippen molar-refractivity contribution in [2.75, 3.05) is 11.9 Å². The monoisotopic (exact) mass is 235 g/mol. The molecule has 0 saturated heterocycles. The third kappa shape index (κ3) is 3.32. The number of anilines is 1. The van der Waals surface area contributed by atoms with Gasteiger partial charge in [-0.15, -0.1) is 0 Å². The highest BCUT2D eigenvalue weighted by atomic mass is 16.5. The Bertz CT molecular complexity index is 377. The van der Waals surface area contributed by atoms with Crippen molar-refractivity contribution in [3.8, 4) is 5.88 Å². The maximum Gasteiger partial charge on any atom is 0.221 e. The summed E-state index contributed by atoms with van der Waals surface area (Å²) in [4.78, 5) is 8.42. The van der Waals surface area contributed by atoms with Gasteiger partial charge in [-0.1, -0.05) is 12.8 Å². The Morgan fingerprint density at radius 2 is 2.24 bits per heavy atom. The first-order chi connectivity index (χ1) is 8.20. The standard InChI is InChI=1S/C13H21N3O/c1-4-17-13-10(3)12(14-8-15-13)16-9(2)7-11-5-6-11/h8-9,11H,4-7H2,1-3H3,(H,14,15,16). The molecule has 1 aliphatic carbocycles. The van der Waals surface area contributed by atoms with E-state index < -0.39 is 0 Å². The lowest BCUT2D eigenvalue weighted by Gasteiger charge is -2.16. The number of hydrogen-bond acceptors (Lipinski definition) is 4. The van der Waals surface area contributed by atoms with Crippen LogP contribution in [0.15, 0.2) is 6.33 Å². The Labute approximate surface area is 103 Å². The highest BCUT2D eigenvalue weighted by molar-refractivity contribution is 5.48. The maximum atomic E-state index is 5.46. The average Bonchev–Trinajstić information content (AvgIpc) is 3.08. The second-order valence-corrected chi connectivity index (χ2v) is 4.81. The van der Waals surface area contributed by atoms with Crippen LogP contribution in [-0.2, 0) is 0 Å². The van der Waals surface area contributed by atoms with Crippen LogP contribution in [0.25, 0.3) is 0 Å². The van der Waals surface area contributed by atoms with Crippen LogP contribution in [0.1, 0.15) is 38.7 Å². The van der Waals surface area contributed by atoms with Crippen LogP contribution in [0.2, 0.25) is 0 Å². The van der Waals surface area contributed by atoms with E-state index in [0.29, 0.717) is 18.5 Å². The molecule has 17 heavy (non-hydrogen) atoms. The molecule has 0 aliphatic heterocycles. The van der Waals surface area contributed by atoms with Crippen molar-refractivity contribution >= 4 is 5.82 Å². The van der Waals surface area contributed by atoms with Gasteiger partial charge in [-0.3, -0.25) is 0 Å². The Morgan fingerprint density at radius 3 is 2.88 bits per heavy atom. The Morgan fingerprint density at radius 1 is 1.47 bits per heavy atom. The quantitative estimate of drug-likeness (QED) is 0.823. The van der Waals surface area contributed by atoms with Gasteiger partial charge in [0.05, 0.1) is 12.2 Å². The van der Waals surface area contributed by atoms with E-state index in [0.717, 1.165) is 17.3 Å². The molecular formula is C13H21N3O. The van der Waals surface area contributed by atoms with E-state index >= 15 is 0 Å². The predicted octanol–water partition coefficient (Wildman–Crippen LogP) is 2.78. The molecule has 0 bridgehead atoms. The fourth-order valence-electron chi connectivity index (χ4n) is 2.01. The lowest BCUT2D eigenvalue weighted by atomic mass is 10.1. The summed E-state index contributed by atoms with van der Waals surface area (Å²) >= 11 is 0. The van der Waals surface area contributed by atoms with Crippen LogP contribution in [0, 0.1) is 12.8 Å². The van der Waals surface area contributed by atoms with Gasteiger partial charge in [0.1, 0.15) is 12.1 Å². The SMILES string of the molecule is CCOc1ncnc(NC(C)CC2CC2)c1C. The molecule has 1 fully saturated rings. The van der Waals surface area contributed by atoms with E-state index in [-0.39, 0.29) is 0 Å². The van der Waals surface area contributed by atoms with Crippen molar-refractivity contribution < 1.29 is 4.74 Å². The normalized spacial score (nSPS) is 16.6. The number of hydrogen-bond donors (Lipinski definition) is 1. The van der Waals surface area contributed by atoms with E-state index in [1.165, 1.54) is 19.3 Å². The topological polar surface area (TPSA) is 47.0 Å². The van der Waals surface area contributed by atoms with E-state index in [9.17, 15) is 0 Å². The van der Waals surface area contributed by atoms with Crippen LogP contribution in [0.4, 0.5) is 5.82 Å². The molecule has 1 aromatic rings. The first kappa shape index (κ1) is 12.1. The minimum atomic E-state index is 0.463. The lowest BCUT2D eigenvalue weighted by molar-refractivity contribution is 0.324. The van der Waals surface area contributed by atoms with E-state index in [1.807, 2.05) is 13.8 Å². The van der Waals surface area contributed by atoms with Crippen molar-refractivity contribution in [3.05, 3.63) is 11.9 Å². The molecule has 4 nitrogen and oxygen atoms in total. The number of rotatable bonds is 6. The van der Waals surface area contributed by atoms with E-state index in [4.69, 9.17) is 4.74 Å². The molecule has 0 spiro atoms. The molecule has 1 saturated carbocycles. The van der Waals surface area contributed by atoms with Gasteiger partial charge < -0.3 is 10.1 Å². The van der Waals surface area contributed by atoms with Gasteiger partial charge in [0.2, 0.25) is 5.88 Å². The predicted molar refractivity (Wildman–Crippen MR) is 68.4 cm³/mol. The molecule has 1 aromatic heterocycles. The molecule has 2 rings (SSSR count). The van der Waals surface area contributed by atoms with E-state index in [1.54, 1.807) is 6.33 Å². The molecule has 0 radical (unpaired) electrons.